The van der Waals surface area contributed by atoms with Gasteiger partial charge in [-0.2, -0.15) is 0 Å². The van der Waals surface area contributed by atoms with Gasteiger partial charge in [-0.25, -0.2) is 4.79 Å². The minimum atomic E-state index is -1.04. The van der Waals surface area contributed by atoms with Gasteiger partial charge in [-0.15, -0.1) is 0 Å². The van der Waals surface area contributed by atoms with Gasteiger partial charge in [-0.3, -0.25) is 4.79 Å². The zero-order valence-corrected chi connectivity index (χ0v) is 12.3. The topological polar surface area (TPSA) is 75.6 Å². The van der Waals surface area contributed by atoms with Gasteiger partial charge in [0.2, 0.25) is 0 Å². The monoisotopic (exact) mass is 279 g/mol. The number of carbonyl (C=O) groups excluding carboxylic acids is 1. The lowest BCUT2D eigenvalue weighted by atomic mass is 9.86. The molecule has 0 heterocycles. The van der Waals surface area contributed by atoms with E-state index in [0.717, 1.165) is 5.56 Å². The first-order valence-corrected chi connectivity index (χ1v) is 6.37. The molecular weight excluding hydrogens is 258 g/mol. The van der Waals surface area contributed by atoms with E-state index < -0.39 is 23.3 Å². The minimum absolute atomic E-state index is 0.398. The molecule has 0 fully saturated rings. The van der Waals surface area contributed by atoms with Crippen LogP contribution in [0.5, 0.6) is 0 Å². The molecule has 0 aliphatic rings. The summed E-state index contributed by atoms with van der Waals surface area (Å²) in [4.78, 5) is 23.4. The normalized spacial score (nSPS) is 12.8. The van der Waals surface area contributed by atoms with Crippen molar-refractivity contribution < 1.29 is 19.4 Å². The van der Waals surface area contributed by atoms with Crippen molar-refractivity contribution in [2.75, 3.05) is 7.11 Å². The van der Waals surface area contributed by atoms with E-state index in [1.54, 1.807) is 46.1 Å². The smallest absolute Gasteiger partial charge is 0.326 e. The summed E-state index contributed by atoms with van der Waals surface area (Å²) in [6, 6.07) is 5.99. The van der Waals surface area contributed by atoms with Crippen LogP contribution < -0.4 is 5.32 Å². The first-order valence-electron chi connectivity index (χ1n) is 6.37. The van der Waals surface area contributed by atoms with Crippen LogP contribution in [0.4, 0.5) is 0 Å². The zero-order chi connectivity index (χ0) is 15.3. The highest BCUT2D eigenvalue weighted by molar-refractivity contribution is 5.96. The fraction of sp³-hybridized carbons (Fsp3) is 0.467. The second-order valence-corrected chi connectivity index (χ2v) is 5.74. The lowest BCUT2D eigenvalue weighted by Crippen LogP contribution is -2.49. The molecule has 1 atom stereocenters. The molecule has 1 amide bonds. The fourth-order valence-corrected chi connectivity index (χ4v) is 1.83. The molecule has 0 spiro atoms. The second kappa shape index (κ2) is 6.52. The van der Waals surface area contributed by atoms with Gasteiger partial charge in [-0.05, 0) is 23.1 Å². The lowest BCUT2D eigenvalue weighted by Gasteiger charge is -2.27. The molecule has 20 heavy (non-hydrogen) atoms. The predicted molar refractivity (Wildman–Crippen MR) is 75.5 cm³/mol. The molecule has 0 aromatic heterocycles. The standard InChI is InChI=1S/C15H21NO4/c1-15(2,3)12(14(18)19)16-13(17)11-7-5-6-10(8-11)9-20-4/h5-8,12H,9H2,1-4H3,(H,16,17)(H,18,19). The summed E-state index contributed by atoms with van der Waals surface area (Å²) in [6.07, 6.45) is 0. The maximum atomic E-state index is 12.1. The van der Waals surface area contributed by atoms with Gasteiger partial charge in [-0.1, -0.05) is 32.9 Å². The molecule has 0 aliphatic heterocycles. The van der Waals surface area contributed by atoms with Gasteiger partial charge >= 0.3 is 5.97 Å². The number of amides is 1. The third-order valence-electron chi connectivity index (χ3n) is 2.89. The molecule has 2 N–H and O–H groups in total. The predicted octanol–water partition coefficient (Wildman–Crippen LogP) is 2.06. The number of ether oxygens (including phenoxy) is 1. The number of hydrogen-bond acceptors (Lipinski definition) is 3. The second-order valence-electron chi connectivity index (χ2n) is 5.74. The molecule has 5 nitrogen and oxygen atoms in total. The molecule has 0 saturated heterocycles. The Hall–Kier alpha value is -1.88. The molecule has 0 bridgehead atoms. The maximum absolute atomic E-state index is 12.1. The molecule has 0 saturated carbocycles. The number of nitrogens with one attached hydrogen (secondary N) is 1. The summed E-state index contributed by atoms with van der Waals surface area (Å²) in [6.45, 7) is 5.72. The summed E-state index contributed by atoms with van der Waals surface area (Å²) in [5.74, 6) is -1.44. The molecule has 1 rings (SSSR count). The molecule has 0 aliphatic carbocycles. The quantitative estimate of drug-likeness (QED) is 0.865. The van der Waals surface area contributed by atoms with Gasteiger partial charge in [0.1, 0.15) is 6.04 Å². The Kier molecular flexibility index (Phi) is 5.27. The van der Waals surface area contributed by atoms with Crippen molar-refractivity contribution in [1.29, 1.82) is 0 Å². The Bertz CT molecular complexity index is 491. The fourth-order valence-electron chi connectivity index (χ4n) is 1.83. The van der Waals surface area contributed by atoms with Crippen molar-refractivity contribution in [3.05, 3.63) is 35.4 Å². The van der Waals surface area contributed by atoms with Crippen molar-refractivity contribution in [1.82, 2.24) is 5.32 Å². The number of rotatable bonds is 5. The van der Waals surface area contributed by atoms with E-state index in [-0.39, 0.29) is 0 Å². The van der Waals surface area contributed by atoms with Crippen LogP contribution in [0.1, 0.15) is 36.7 Å². The molecule has 1 aromatic rings. The summed E-state index contributed by atoms with van der Waals surface area (Å²) in [5, 5.41) is 11.8. The molecule has 5 heteroatoms. The van der Waals surface area contributed by atoms with Crippen LogP contribution in [0.25, 0.3) is 0 Å². The van der Waals surface area contributed by atoms with E-state index >= 15 is 0 Å². The van der Waals surface area contributed by atoms with Crippen LogP contribution in [-0.4, -0.2) is 30.1 Å². The average Bonchev–Trinajstić information content (AvgIpc) is 2.34. The Morgan fingerprint density at radius 3 is 2.50 bits per heavy atom. The molecule has 110 valence electrons. The Morgan fingerprint density at radius 1 is 1.35 bits per heavy atom. The van der Waals surface area contributed by atoms with Crippen molar-refractivity contribution >= 4 is 11.9 Å². The lowest BCUT2D eigenvalue weighted by molar-refractivity contribution is -0.142. The largest absolute Gasteiger partial charge is 0.480 e. The van der Waals surface area contributed by atoms with Gasteiger partial charge in [0.25, 0.3) is 5.91 Å². The van der Waals surface area contributed by atoms with Gasteiger partial charge in [0, 0.05) is 12.7 Å². The van der Waals surface area contributed by atoms with Gasteiger partial charge in [0.15, 0.2) is 0 Å². The highest BCUT2D eigenvalue weighted by atomic mass is 16.5. The number of benzene rings is 1. The van der Waals surface area contributed by atoms with E-state index in [9.17, 15) is 14.7 Å². The third-order valence-corrected chi connectivity index (χ3v) is 2.89. The maximum Gasteiger partial charge on any atom is 0.326 e. The van der Waals surface area contributed by atoms with Crippen LogP contribution in [0.15, 0.2) is 24.3 Å². The number of carboxylic acid groups (broad SMARTS) is 1. The van der Waals surface area contributed by atoms with Gasteiger partial charge < -0.3 is 15.2 Å². The number of aliphatic carboxylic acids is 1. The van der Waals surface area contributed by atoms with Crippen molar-refractivity contribution in [3.8, 4) is 0 Å². The van der Waals surface area contributed by atoms with E-state index in [0.29, 0.717) is 12.2 Å². The summed E-state index contributed by atoms with van der Waals surface area (Å²) >= 11 is 0. The Balaban J connectivity index is 2.89. The van der Waals surface area contributed by atoms with Crippen molar-refractivity contribution in [3.63, 3.8) is 0 Å². The third kappa shape index (κ3) is 4.35. The van der Waals surface area contributed by atoms with E-state index in [1.165, 1.54) is 0 Å². The van der Waals surface area contributed by atoms with Crippen LogP contribution in [-0.2, 0) is 16.1 Å². The Labute approximate surface area is 118 Å². The minimum Gasteiger partial charge on any atom is -0.480 e. The van der Waals surface area contributed by atoms with Crippen LogP contribution in [0.2, 0.25) is 0 Å². The average molecular weight is 279 g/mol. The highest BCUT2D eigenvalue weighted by Crippen LogP contribution is 2.20. The van der Waals surface area contributed by atoms with E-state index in [2.05, 4.69) is 5.32 Å². The highest BCUT2D eigenvalue weighted by Gasteiger charge is 2.32. The van der Waals surface area contributed by atoms with Crippen LogP contribution in [0, 0.1) is 5.41 Å². The van der Waals surface area contributed by atoms with Gasteiger partial charge in [0.05, 0.1) is 6.61 Å². The van der Waals surface area contributed by atoms with Crippen molar-refractivity contribution in [2.45, 2.75) is 33.4 Å². The summed E-state index contributed by atoms with van der Waals surface area (Å²) < 4.78 is 5.01. The first kappa shape index (κ1) is 16.2. The van der Waals surface area contributed by atoms with Crippen molar-refractivity contribution in [2.24, 2.45) is 5.41 Å². The molecule has 1 aromatic carbocycles. The molecule has 0 radical (unpaired) electrons. The van der Waals surface area contributed by atoms with Crippen LogP contribution in [0.3, 0.4) is 0 Å². The van der Waals surface area contributed by atoms with E-state index in [4.69, 9.17) is 4.74 Å². The Morgan fingerprint density at radius 2 is 2.00 bits per heavy atom. The summed E-state index contributed by atoms with van der Waals surface area (Å²) in [5.41, 5.74) is 0.726. The molecular formula is C15H21NO4. The first-order chi connectivity index (χ1) is 9.25. The number of methoxy groups -OCH3 is 1. The number of hydrogen-bond donors (Lipinski definition) is 2. The van der Waals surface area contributed by atoms with E-state index in [1.807, 2.05) is 6.07 Å². The zero-order valence-electron chi connectivity index (χ0n) is 12.3. The summed E-state index contributed by atoms with van der Waals surface area (Å²) in [7, 11) is 1.58. The van der Waals surface area contributed by atoms with Crippen LogP contribution >= 0.6 is 0 Å². The SMILES string of the molecule is COCc1cccc(C(=O)NC(C(=O)O)C(C)(C)C)c1. The number of carbonyl (C=O) groups is 2. The number of carboxylic acids is 1. The molecule has 1 unspecified atom stereocenters.